The molecule has 0 saturated carbocycles. The van der Waals surface area contributed by atoms with Crippen molar-refractivity contribution in [3.8, 4) is 0 Å². The fourth-order valence-electron chi connectivity index (χ4n) is 2.64. The van der Waals surface area contributed by atoms with Crippen LogP contribution in [0.4, 0.5) is 0 Å². The van der Waals surface area contributed by atoms with E-state index in [4.69, 9.17) is 4.74 Å². The van der Waals surface area contributed by atoms with Crippen molar-refractivity contribution in [1.29, 1.82) is 0 Å². The second-order valence-corrected chi connectivity index (χ2v) is 6.06. The minimum Gasteiger partial charge on any atom is -0.465 e. The van der Waals surface area contributed by atoms with Crippen molar-refractivity contribution in [3.63, 3.8) is 0 Å². The van der Waals surface area contributed by atoms with Crippen molar-refractivity contribution in [2.45, 2.75) is 33.1 Å². The number of carbonyl (C=O) groups excluding carboxylic acids is 1. The first-order valence-electron chi connectivity index (χ1n) is 7.84. The van der Waals surface area contributed by atoms with Crippen LogP contribution in [0.3, 0.4) is 0 Å². The van der Waals surface area contributed by atoms with E-state index >= 15 is 0 Å². The fraction of sp³-hybridized carbons (Fsp3) is 0.350. The molecule has 0 fully saturated rings. The smallest absolute Gasteiger partial charge is 0.337 e. The van der Waals surface area contributed by atoms with Gasteiger partial charge in [0.1, 0.15) is 0 Å². The minimum absolute atomic E-state index is 0.283. The van der Waals surface area contributed by atoms with E-state index in [9.17, 15) is 4.79 Å². The summed E-state index contributed by atoms with van der Waals surface area (Å²) in [5.74, 6) is 0.384. The largest absolute Gasteiger partial charge is 0.465 e. The Morgan fingerprint density at radius 2 is 1.59 bits per heavy atom. The molecule has 0 aliphatic heterocycles. The maximum atomic E-state index is 11.4. The average Bonchev–Trinajstić information content (AvgIpc) is 2.53. The Labute approximate surface area is 133 Å². The number of carbonyl (C=O) groups is 1. The standard InChI is InChI=1S/C20H24O2/c1-15(2)14-19-7-5-4-6-17(19)11-8-16-9-12-18(13-10-16)20(21)22-3/h4-7,9-10,12-13,15H,8,11,14H2,1-3H3. The summed E-state index contributed by atoms with van der Waals surface area (Å²) in [6, 6.07) is 16.4. The molecule has 0 spiro atoms. The summed E-state index contributed by atoms with van der Waals surface area (Å²) in [5.41, 5.74) is 4.72. The SMILES string of the molecule is COC(=O)c1ccc(CCc2ccccc2CC(C)C)cc1. The number of hydrogen-bond acceptors (Lipinski definition) is 2. The highest BCUT2D eigenvalue weighted by atomic mass is 16.5. The van der Waals surface area contributed by atoms with Crippen molar-refractivity contribution in [1.82, 2.24) is 0 Å². The summed E-state index contributed by atoms with van der Waals surface area (Å²) in [7, 11) is 1.40. The topological polar surface area (TPSA) is 26.3 Å². The van der Waals surface area contributed by atoms with E-state index in [0.29, 0.717) is 11.5 Å². The van der Waals surface area contributed by atoms with Crippen LogP contribution in [0, 0.1) is 5.92 Å². The molecule has 0 saturated heterocycles. The van der Waals surface area contributed by atoms with E-state index in [-0.39, 0.29) is 5.97 Å². The predicted octanol–water partition coefficient (Wildman–Crippen LogP) is 4.46. The highest BCUT2D eigenvalue weighted by Gasteiger charge is 2.06. The molecule has 0 N–H and O–H groups in total. The zero-order chi connectivity index (χ0) is 15.9. The van der Waals surface area contributed by atoms with Crippen LogP contribution in [0.1, 0.15) is 40.9 Å². The summed E-state index contributed by atoms with van der Waals surface area (Å²) >= 11 is 0. The van der Waals surface area contributed by atoms with Crippen LogP contribution in [0.2, 0.25) is 0 Å². The molecule has 0 amide bonds. The van der Waals surface area contributed by atoms with Gasteiger partial charge in [-0.1, -0.05) is 50.2 Å². The molecule has 0 aromatic heterocycles. The van der Waals surface area contributed by atoms with Crippen molar-refractivity contribution < 1.29 is 9.53 Å². The lowest BCUT2D eigenvalue weighted by Crippen LogP contribution is -2.02. The second-order valence-electron chi connectivity index (χ2n) is 6.06. The Hall–Kier alpha value is -2.09. The second kappa shape index (κ2) is 7.79. The third-order valence-electron chi connectivity index (χ3n) is 3.80. The monoisotopic (exact) mass is 296 g/mol. The number of aryl methyl sites for hydroxylation is 2. The molecule has 0 aliphatic rings. The fourth-order valence-corrected chi connectivity index (χ4v) is 2.64. The van der Waals surface area contributed by atoms with Crippen molar-refractivity contribution in [3.05, 3.63) is 70.8 Å². The highest BCUT2D eigenvalue weighted by Crippen LogP contribution is 2.17. The molecule has 2 nitrogen and oxygen atoms in total. The molecule has 2 aromatic carbocycles. The zero-order valence-corrected chi connectivity index (χ0v) is 13.6. The average molecular weight is 296 g/mol. The molecule has 0 radical (unpaired) electrons. The Kier molecular flexibility index (Phi) is 5.76. The molecule has 2 heteroatoms. The lowest BCUT2D eigenvalue weighted by molar-refractivity contribution is 0.0600. The van der Waals surface area contributed by atoms with Crippen LogP contribution in [0.5, 0.6) is 0 Å². The summed E-state index contributed by atoms with van der Waals surface area (Å²) in [5, 5.41) is 0. The van der Waals surface area contributed by atoms with Crippen molar-refractivity contribution >= 4 is 5.97 Å². The third kappa shape index (κ3) is 4.45. The first kappa shape index (κ1) is 16.3. The van der Waals surface area contributed by atoms with Gasteiger partial charge in [0.2, 0.25) is 0 Å². The van der Waals surface area contributed by atoms with Gasteiger partial charge in [0, 0.05) is 0 Å². The van der Waals surface area contributed by atoms with Gasteiger partial charge in [0.25, 0.3) is 0 Å². The van der Waals surface area contributed by atoms with E-state index < -0.39 is 0 Å². The van der Waals surface area contributed by atoms with Crippen LogP contribution in [-0.4, -0.2) is 13.1 Å². The van der Waals surface area contributed by atoms with Gasteiger partial charge in [0.15, 0.2) is 0 Å². The molecule has 0 unspecified atom stereocenters. The van der Waals surface area contributed by atoms with Gasteiger partial charge in [-0.3, -0.25) is 0 Å². The van der Waals surface area contributed by atoms with Crippen molar-refractivity contribution in [2.75, 3.05) is 7.11 Å². The van der Waals surface area contributed by atoms with E-state index in [2.05, 4.69) is 38.1 Å². The molecule has 0 atom stereocenters. The van der Waals surface area contributed by atoms with Gasteiger partial charge in [0.05, 0.1) is 12.7 Å². The van der Waals surface area contributed by atoms with E-state index in [1.807, 2.05) is 24.3 Å². The minimum atomic E-state index is -0.283. The molecular weight excluding hydrogens is 272 g/mol. The van der Waals surface area contributed by atoms with Gasteiger partial charge < -0.3 is 4.74 Å². The number of rotatable bonds is 6. The lowest BCUT2D eigenvalue weighted by atomic mass is 9.94. The normalized spacial score (nSPS) is 10.7. The predicted molar refractivity (Wildman–Crippen MR) is 90.2 cm³/mol. The van der Waals surface area contributed by atoms with E-state index in [1.165, 1.54) is 23.8 Å². The quantitative estimate of drug-likeness (QED) is 0.736. The summed E-state index contributed by atoms with van der Waals surface area (Å²) < 4.78 is 4.72. The number of hydrogen-bond donors (Lipinski definition) is 0. The first-order valence-corrected chi connectivity index (χ1v) is 7.84. The van der Waals surface area contributed by atoms with E-state index in [1.54, 1.807) is 0 Å². The van der Waals surface area contributed by atoms with Gasteiger partial charge in [-0.05, 0) is 54.0 Å². The van der Waals surface area contributed by atoms with Gasteiger partial charge in [-0.25, -0.2) is 4.79 Å². The van der Waals surface area contributed by atoms with Crippen LogP contribution in [0.25, 0.3) is 0 Å². The Morgan fingerprint density at radius 1 is 0.955 bits per heavy atom. The molecule has 22 heavy (non-hydrogen) atoms. The van der Waals surface area contributed by atoms with Gasteiger partial charge in [-0.2, -0.15) is 0 Å². The van der Waals surface area contributed by atoms with Crippen LogP contribution in [0.15, 0.2) is 48.5 Å². The number of esters is 1. The first-order chi connectivity index (χ1) is 10.6. The van der Waals surface area contributed by atoms with Gasteiger partial charge in [-0.15, -0.1) is 0 Å². The molecular formula is C20H24O2. The summed E-state index contributed by atoms with van der Waals surface area (Å²) in [6.45, 7) is 4.50. The van der Waals surface area contributed by atoms with Crippen LogP contribution in [-0.2, 0) is 24.0 Å². The van der Waals surface area contributed by atoms with Gasteiger partial charge >= 0.3 is 5.97 Å². The van der Waals surface area contributed by atoms with E-state index in [0.717, 1.165) is 19.3 Å². The Morgan fingerprint density at radius 3 is 2.18 bits per heavy atom. The zero-order valence-electron chi connectivity index (χ0n) is 13.6. The van der Waals surface area contributed by atoms with Crippen molar-refractivity contribution in [2.24, 2.45) is 5.92 Å². The molecule has 116 valence electrons. The molecule has 0 aliphatic carbocycles. The summed E-state index contributed by atoms with van der Waals surface area (Å²) in [4.78, 5) is 11.4. The van der Waals surface area contributed by atoms with Crippen LogP contribution < -0.4 is 0 Å². The number of ether oxygens (including phenoxy) is 1. The lowest BCUT2D eigenvalue weighted by Gasteiger charge is -2.11. The Bertz CT molecular complexity index is 612. The molecule has 2 aromatic rings. The van der Waals surface area contributed by atoms with Crippen LogP contribution >= 0.6 is 0 Å². The maximum absolute atomic E-state index is 11.4. The molecule has 2 rings (SSSR count). The third-order valence-corrected chi connectivity index (χ3v) is 3.80. The molecule has 0 heterocycles. The number of methoxy groups -OCH3 is 1. The highest BCUT2D eigenvalue weighted by molar-refractivity contribution is 5.89. The number of benzene rings is 2. The maximum Gasteiger partial charge on any atom is 0.337 e. The summed E-state index contributed by atoms with van der Waals surface area (Å²) in [6.07, 6.45) is 3.13. The Balaban J connectivity index is 2.02. The molecule has 0 bridgehead atoms.